The SMILES string of the molecule is Cc1nc(-c2ccc(C)c(S(=O)(=O)N3CCCC(C(=O)Nc4ccc(F)cc4)C3)c2)no1. The van der Waals surface area contributed by atoms with E-state index in [0.29, 0.717) is 47.9 Å². The van der Waals surface area contributed by atoms with Crippen LogP contribution in [0.25, 0.3) is 11.4 Å². The second-order valence-corrected chi connectivity index (χ2v) is 9.72. The third-order valence-corrected chi connectivity index (χ3v) is 7.47. The Morgan fingerprint density at radius 3 is 2.62 bits per heavy atom. The molecule has 1 fully saturated rings. The first-order chi connectivity index (χ1) is 15.2. The number of carbonyl (C=O) groups is 1. The predicted octanol–water partition coefficient (Wildman–Crippen LogP) is 3.53. The first-order valence-corrected chi connectivity index (χ1v) is 11.7. The molecule has 0 radical (unpaired) electrons. The fraction of sp³-hybridized carbons (Fsp3) is 0.318. The molecule has 1 N–H and O–H groups in total. The predicted molar refractivity (Wildman–Crippen MR) is 116 cm³/mol. The van der Waals surface area contributed by atoms with Crippen molar-refractivity contribution in [2.24, 2.45) is 5.92 Å². The van der Waals surface area contributed by atoms with Gasteiger partial charge in [0.25, 0.3) is 0 Å². The van der Waals surface area contributed by atoms with Gasteiger partial charge in [0.15, 0.2) is 0 Å². The van der Waals surface area contributed by atoms with Crippen LogP contribution >= 0.6 is 0 Å². The van der Waals surface area contributed by atoms with Gasteiger partial charge in [0.1, 0.15) is 5.82 Å². The zero-order valence-electron chi connectivity index (χ0n) is 17.7. The topological polar surface area (TPSA) is 105 Å². The quantitative estimate of drug-likeness (QED) is 0.627. The van der Waals surface area contributed by atoms with Crippen LogP contribution in [0.1, 0.15) is 24.3 Å². The number of carbonyl (C=O) groups excluding carboxylic acids is 1. The van der Waals surface area contributed by atoms with Gasteiger partial charge in [-0.05, 0) is 55.7 Å². The van der Waals surface area contributed by atoms with Crippen molar-refractivity contribution in [2.45, 2.75) is 31.6 Å². The zero-order valence-corrected chi connectivity index (χ0v) is 18.5. The second-order valence-electron chi connectivity index (χ2n) is 7.82. The largest absolute Gasteiger partial charge is 0.339 e. The Kier molecular flexibility index (Phi) is 6.07. The summed E-state index contributed by atoms with van der Waals surface area (Å²) in [7, 11) is -3.84. The van der Waals surface area contributed by atoms with E-state index in [1.54, 1.807) is 26.0 Å². The monoisotopic (exact) mass is 458 g/mol. The maximum Gasteiger partial charge on any atom is 0.243 e. The Morgan fingerprint density at radius 2 is 1.94 bits per heavy atom. The highest BCUT2D eigenvalue weighted by Gasteiger charge is 2.34. The Bertz CT molecular complexity index is 1240. The van der Waals surface area contributed by atoms with Crippen molar-refractivity contribution >= 4 is 21.6 Å². The molecule has 1 amide bonds. The number of hydrogen-bond acceptors (Lipinski definition) is 6. The summed E-state index contributed by atoms with van der Waals surface area (Å²) in [6.07, 6.45) is 1.13. The number of rotatable bonds is 5. The van der Waals surface area contributed by atoms with E-state index in [-0.39, 0.29) is 17.3 Å². The summed E-state index contributed by atoms with van der Waals surface area (Å²) in [5.41, 5.74) is 1.59. The van der Waals surface area contributed by atoms with E-state index in [2.05, 4.69) is 15.5 Å². The molecule has 1 aromatic heterocycles. The number of sulfonamides is 1. The van der Waals surface area contributed by atoms with Crippen LogP contribution in [0.15, 0.2) is 51.9 Å². The lowest BCUT2D eigenvalue weighted by Crippen LogP contribution is -2.43. The highest BCUT2D eigenvalue weighted by Crippen LogP contribution is 2.29. The zero-order chi connectivity index (χ0) is 22.9. The minimum absolute atomic E-state index is 0.0698. The number of aryl methyl sites for hydroxylation is 2. The van der Waals surface area contributed by atoms with Crippen LogP contribution < -0.4 is 5.32 Å². The summed E-state index contributed by atoms with van der Waals surface area (Å²) < 4.78 is 46.3. The lowest BCUT2D eigenvalue weighted by Gasteiger charge is -2.31. The van der Waals surface area contributed by atoms with Gasteiger partial charge in [-0.25, -0.2) is 12.8 Å². The van der Waals surface area contributed by atoms with E-state index in [9.17, 15) is 17.6 Å². The van der Waals surface area contributed by atoms with E-state index in [1.165, 1.54) is 34.6 Å². The minimum atomic E-state index is -3.84. The summed E-state index contributed by atoms with van der Waals surface area (Å²) in [5, 5.41) is 6.60. The van der Waals surface area contributed by atoms with Crippen LogP contribution in [-0.2, 0) is 14.8 Å². The fourth-order valence-electron chi connectivity index (χ4n) is 3.72. The second kappa shape index (κ2) is 8.79. The molecule has 10 heteroatoms. The lowest BCUT2D eigenvalue weighted by molar-refractivity contribution is -0.120. The van der Waals surface area contributed by atoms with Gasteiger partial charge < -0.3 is 9.84 Å². The number of piperidine rings is 1. The van der Waals surface area contributed by atoms with Crippen molar-refractivity contribution in [3.8, 4) is 11.4 Å². The Morgan fingerprint density at radius 1 is 1.19 bits per heavy atom. The standard InChI is InChI=1S/C22H23FN4O4S/c1-14-5-6-16(21-24-15(2)31-26-21)12-20(14)32(29,30)27-11-3-4-17(13-27)22(28)25-19-9-7-18(23)8-10-19/h5-10,12,17H,3-4,11,13H2,1-2H3,(H,25,28). The van der Waals surface area contributed by atoms with Crippen molar-refractivity contribution in [3.05, 3.63) is 59.7 Å². The third-order valence-electron chi connectivity index (χ3n) is 5.46. The number of benzene rings is 2. The smallest absolute Gasteiger partial charge is 0.243 e. The molecule has 168 valence electrons. The van der Waals surface area contributed by atoms with Gasteiger partial charge in [0, 0.05) is 31.3 Å². The Labute approximate surface area is 185 Å². The van der Waals surface area contributed by atoms with E-state index in [1.807, 2.05) is 0 Å². The highest BCUT2D eigenvalue weighted by molar-refractivity contribution is 7.89. The van der Waals surface area contributed by atoms with Gasteiger partial charge in [-0.3, -0.25) is 4.79 Å². The van der Waals surface area contributed by atoms with Crippen LogP contribution in [0.4, 0.5) is 10.1 Å². The molecule has 0 saturated carbocycles. The van der Waals surface area contributed by atoms with Crippen LogP contribution in [0.3, 0.4) is 0 Å². The van der Waals surface area contributed by atoms with Gasteiger partial charge in [-0.15, -0.1) is 0 Å². The van der Waals surface area contributed by atoms with Crippen molar-refractivity contribution < 1.29 is 22.1 Å². The van der Waals surface area contributed by atoms with E-state index in [4.69, 9.17) is 4.52 Å². The van der Waals surface area contributed by atoms with Crippen LogP contribution in [-0.4, -0.2) is 41.9 Å². The number of anilines is 1. The number of amides is 1. The maximum absolute atomic E-state index is 13.4. The van der Waals surface area contributed by atoms with Gasteiger partial charge in [-0.1, -0.05) is 17.3 Å². The maximum atomic E-state index is 13.4. The molecule has 1 atom stereocenters. The van der Waals surface area contributed by atoms with Crippen LogP contribution in [0, 0.1) is 25.6 Å². The molecule has 1 aliphatic rings. The highest BCUT2D eigenvalue weighted by atomic mass is 32.2. The number of nitrogens with one attached hydrogen (secondary N) is 1. The summed E-state index contributed by atoms with van der Waals surface area (Å²) in [5.74, 6) is -0.493. The molecule has 2 heterocycles. The van der Waals surface area contributed by atoms with E-state index in [0.717, 1.165) is 0 Å². The van der Waals surface area contributed by atoms with Gasteiger partial charge >= 0.3 is 0 Å². The molecular formula is C22H23FN4O4S. The van der Waals surface area contributed by atoms with Crippen LogP contribution in [0.5, 0.6) is 0 Å². The normalized spacial score (nSPS) is 17.3. The summed E-state index contributed by atoms with van der Waals surface area (Å²) in [6.45, 7) is 3.78. The molecule has 0 aliphatic carbocycles. The van der Waals surface area contributed by atoms with Crippen LogP contribution in [0.2, 0.25) is 0 Å². The number of halogens is 1. The fourth-order valence-corrected chi connectivity index (χ4v) is 5.50. The molecule has 1 unspecified atom stereocenters. The molecular weight excluding hydrogens is 435 g/mol. The molecule has 8 nitrogen and oxygen atoms in total. The first-order valence-electron chi connectivity index (χ1n) is 10.2. The Balaban J connectivity index is 1.55. The molecule has 1 saturated heterocycles. The summed E-state index contributed by atoms with van der Waals surface area (Å²) in [6, 6.07) is 10.4. The number of aromatic nitrogens is 2. The molecule has 0 spiro atoms. The molecule has 2 aromatic carbocycles. The summed E-state index contributed by atoms with van der Waals surface area (Å²) >= 11 is 0. The molecule has 4 rings (SSSR count). The molecule has 0 bridgehead atoms. The first kappa shape index (κ1) is 22.1. The van der Waals surface area contributed by atoms with E-state index < -0.39 is 21.8 Å². The average molecular weight is 459 g/mol. The third kappa shape index (κ3) is 4.56. The van der Waals surface area contributed by atoms with Gasteiger partial charge in [0.05, 0.1) is 10.8 Å². The van der Waals surface area contributed by atoms with Gasteiger partial charge in [-0.2, -0.15) is 9.29 Å². The molecule has 3 aromatic rings. The van der Waals surface area contributed by atoms with Crippen molar-refractivity contribution in [1.82, 2.24) is 14.4 Å². The average Bonchev–Trinajstić information content (AvgIpc) is 3.22. The van der Waals surface area contributed by atoms with E-state index >= 15 is 0 Å². The minimum Gasteiger partial charge on any atom is -0.339 e. The van der Waals surface area contributed by atoms with Crippen molar-refractivity contribution in [1.29, 1.82) is 0 Å². The molecule has 32 heavy (non-hydrogen) atoms. The number of hydrogen-bond donors (Lipinski definition) is 1. The molecule has 1 aliphatic heterocycles. The number of nitrogens with zero attached hydrogens (tertiary/aromatic N) is 3. The van der Waals surface area contributed by atoms with Crippen molar-refractivity contribution in [2.75, 3.05) is 18.4 Å². The Hall–Kier alpha value is -3.11. The van der Waals surface area contributed by atoms with Gasteiger partial charge in [0.2, 0.25) is 27.6 Å². The lowest BCUT2D eigenvalue weighted by atomic mass is 9.99. The summed E-state index contributed by atoms with van der Waals surface area (Å²) in [4.78, 5) is 17.0. The van der Waals surface area contributed by atoms with Crippen molar-refractivity contribution in [3.63, 3.8) is 0 Å².